The topological polar surface area (TPSA) is 18.5 Å². The van der Waals surface area contributed by atoms with Gasteiger partial charge in [0.1, 0.15) is 0 Å². The van der Waals surface area contributed by atoms with Crippen LogP contribution in [0.15, 0.2) is 0 Å². The van der Waals surface area contributed by atoms with Crippen molar-refractivity contribution in [3.8, 4) is 0 Å². The Morgan fingerprint density at radius 2 is 1.36 bits per heavy atom. The molecule has 3 heteroatoms. The Labute approximate surface area is 93.9 Å². The first kappa shape index (κ1) is 16.6. The molecule has 0 saturated heterocycles. The van der Waals surface area contributed by atoms with Gasteiger partial charge in [0.25, 0.3) is 0 Å². The number of hydrogen-bond donors (Lipinski definition) is 0. The molecule has 0 aliphatic rings. The van der Waals surface area contributed by atoms with E-state index in [0.29, 0.717) is 19.1 Å². The Hall–Kier alpha value is 0.210. The lowest BCUT2D eigenvalue weighted by atomic mass is 10.4. The van der Waals surface area contributed by atoms with E-state index in [1.807, 2.05) is 13.8 Å². The fourth-order valence-electron chi connectivity index (χ4n) is 0.725. The van der Waals surface area contributed by atoms with Crippen LogP contribution in [0, 0.1) is 0 Å². The largest absolute Gasteiger partial charge is 0.379 e. The molecule has 0 rings (SSSR count). The summed E-state index contributed by atoms with van der Waals surface area (Å²) in [5.74, 6) is 0.677. The molecular weight excluding hydrogens is 200 g/mol. The van der Waals surface area contributed by atoms with Gasteiger partial charge < -0.3 is 9.47 Å². The molecule has 0 aromatic carbocycles. The average molecular weight is 225 g/mol. The van der Waals surface area contributed by atoms with Crippen LogP contribution in [-0.4, -0.2) is 32.3 Å². The number of rotatable bonds is 9. The standard InChI is InChI=1S/C9H19ClO2.C2H6/c1-2-3-6-11-8-9-12-7-4-5-10;1-2/h2-9H2,1H3;1-2H3. The van der Waals surface area contributed by atoms with E-state index < -0.39 is 0 Å². The molecule has 0 fully saturated rings. The average Bonchev–Trinajstić information content (AvgIpc) is 2.25. The molecule has 2 nitrogen and oxygen atoms in total. The van der Waals surface area contributed by atoms with E-state index >= 15 is 0 Å². The fourth-order valence-corrected chi connectivity index (χ4v) is 0.834. The van der Waals surface area contributed by atoms with Crippen LogP contribution in [0.3, 0.4) is 0 Å². The van der Waals surface area contributed by atoms with E-state index in [-0.39, 0.29) is 0 Å². The molecule has 0 atom stereocenters. The summed E-state index contributed by atoms with van der Waals surface area (Å²) < 4.78 is 10.5. The second-order valence-corrected chi connectivity index (χ2v) is 3.00. The minimum absolute atomic E-state index is 0.677. The third kappa shape index (κ3) is 18.1. The minimum Gasteiger partial charge on any atom is -0.379 e. The summed E-state index contributed by atoms with van der Waals surface area (Å²) in [5.41, 5.74) is 0. The van der Waals surface area contributed by atoms with Gasteiger partial charge in [0.15, 0.2) is 0 Å². The second-order valence-electron chi connectivity index (χ2n) is 2.62. The third-order valence-electron chi connectivity index (χ3n) is 1.44. The third-order valence-corrected chi connectivity index (χ3v) is 1.70. The lowest BCUT2D eigenvalue weighted by Crippen LogP contribution is -2.06. The van der Waals surface area contributed by atoms with Crippen LogP contribution in [0.25, 0.3) is 0 Å². The summed E-state index contributed by atoms with van der Waals surface area (Å²) in [5, 5.41) is 0. The summed E-state index contributed by atoms with van der Waals surface area (Å²) in [6, 6.07) is 0. The molecule has 0 aromatic rings. The van der Waals surface area contributed by atoms with Gasteiger partial charge in [-0.15, -0.1) is 11.6 Å². The first-order valence-corrected chi connectivity index (χ1v) is 6.16. The normalized spacial score (nSPS) is 9.43. The fraction of sp³-hybridized carbons (Fsp3) is 1.00. The molecule has 0 spiro atoms. The highest BCUT2D eigenvalue weighted by molar-refractivity contribution is 6.17. The van der Waals surface area contributed by atoms with Gasteiger partial charge in [-0.2, -0.15) is 0 Å². The highest BCUT2D eigenvalue weighted by Gasteiger charge is 1.89. The van der Waals surface area contributed by atoms with Crippen molar-refractivity contribution in [2.45, 2.75) is 40.0 Å². The zero-order valence-corrected chi connectivity index (χ0v) is 10.6. The second kappa shape index (κ2) is 18.9. The molecule has 0 heterocycles. The maximum absolute atomic E-state index is 5.47. The molecule has 0 amide bonds. The van der Waals surface area contributed by atoms with Crippen LogP contribution in [0.5, 0.6) is 0 Å². The Balaban J connectivity index is 0. The number of alkyl halides is 1. The van der Waals surface area contributed by atoms with Crippen molar-refractivity contribution in [2.75, 3.05) is 32.3 Å². The number of halogens is 1. The molecule has 0 aromatic heterocycles. The van der Waals surface area contributed by atoms with Crippen LogP contribution in [0.1, 0.15) is 40.0 Å². The summed E-state index contributed by atoms with van der Waals surface area (Å²) in [6.45, 7) is 9.17. The van der Waals surface area contributed by atoms with Crippen molar-refractivity contribution < 1.29 is 9.47 Å². The zero-order valence-electron chi connectivity index (χ0n) is 9.85. The SMILES string of the molecule is CC.CCCCOCCOCCCCl. The summed E-state index contributed by atoms with van der Waals surface area (Å²) in [4.78, 5) is 0. The number of unbranched alkanes of at least 4 members (excludes halogenated alkanes) is 1. The molecule has 88 valence electrons. The molecule has 0 unspecified atom stereocenters. The van der Waals surface area contributed by atoms with Crippen molar-refractivity contribution in [3.63, 3.8) is 0 Å². The van der Waals surface area contributed by atoms with Crippen molar-refractivity contribution in [1.82, 2.24) is 0 Å². The van der Waals surface area contributed by atoms with Gasteiger partial charge in [-0.05, 0) is 12.8 Å². The summed E-state index contributed by atoms with van der Waals surface area (Å²) >= 11 is 5.47. The van der Waals surface area contributed by atoms with Gasteiger partial charge in [-0.3, -0.25) is 0 Å². The molecule has 0 N–H and O–H groups in total. The predicted molar refractivity (Wildman–Crippen MR) is 63.2 cm³/mol. The van der Waals surface area contributed by atoms with Crippen molar-refractivity contribution in [2.24, 2.45) is 0 Å². The molecular formula is C11H25ClO2. The lowest BCUT2D eigenvalue weighted by Gasteiger charge is -2.03. The Morgan fingerprint density at radius 1 is 0.857 bits per heavy atom. The molecule has 0 radical (unpaired) electrons. The van der Waals surface area contributed by atoms with Crippen molar-refractivity contribution in [3.05, 3.63) is 0 Å². The van der Waals surface area contributed by atoms with Gasteiger partial charge in [-0.1, -0.05) is 27.2 Å². The van der Waals surface area contributed by atoms with Gasteiger partial charge in [0.05, 0.1) is 13.2 Å². The van der Waals surface area contributed by atoms with E-state index in [1.165, 1.54) is 6.42 Å². The smallest absolute Gasteiger partial charge is 0.0700 e. The molecule has 0 saturated carbocycles. The molecule has 0 aliphatic heterocycles. The highest BCUT2D eigenvalue weighted by Crippen LogP contribution is 1.89. The minimum atomic E-state index is 0.677. The number of hydrogen-bond acceptors (Lipinski definition) is 2. The molecule has 0 aliphatic carbocycles. The Kier molecular flexibility index (Phi) is 22.4. The maximum Gasteiger partial charge on any atom is 0.0700 e. The maximum atomic E-state index is 5.47. The van der Waals surface area contributed by atoms with Crippen LogP contribution in [0.2, 0.25) is 0 Å². The van der Waals surface area contributed by atoms with E-state index in [2.05, 4.69) is 6.92 Å². The van der Waals surface area contributed by atoms with Gasteiger partial charge in [-0.25, -0.2) is 0 Å². The highest BCUT2D eigenvalue weighted by atomic mass is 35.5. The zero-order chi connectivity index (χ0) is 11.1. The Morgan fingerprint density at radius 3 is 1.79 bits per heavy atom. The van der Waals surface area contributed by atoms with E-state index in [4.69, 9.17) is 21.1 Å². The van der Waals surface area contributed by atoms with Crippen molar-refractivity contribution in [1.29, 1.82) is 0 Å². The van der Waals surface area contributed by atoms with E-state index in [9.17, 15) is 0 Å². The molecule has 14 heavy (non-hydrogen) atoms. The van der Waals surface area contributed by atoms with Gasteiger partial charge >= 0.3 is 0 Å². The van der Waals surface area contributed by atoms with E-state index in [0.717, 1.165) is 26.1 Å². The summed E-state index contributed by atoms with van der Waals surface area (Å²) in [7, 11) is 0. The predicted octanol–water partition coefficient (Wildman–Crippen LogP) is 3.47. The van der Waals surface area contributed by atoms with Crippen LogP contribution in [0.4, 0.5) is 0 Å². The monoisotopic (exact) mass is 224 g/mol. The van der Waals surface area contributed by atoms with Crippen molar-refractivity contribution >= 4 is 11.6 Å². The first-order chi connectivity index (χ1) is 6.91. The van der Waals surface area contributed by atoms with Gasteiger partial charge in [0.2, 0.25) is 0 Å². The molecule has 0 bridgehead atoms. The van der Waals surface area contributed by atoms with Crippen LogP contribution < -0.4 is 0 Å². The lowest BCUT2D eigenvalue weighted by molar-refractivity contribution is 0.0472. The quantitative estimate of drug-likeness (QED) is 0.441. The summed E-state index contributed by atoms with van der Waals surface area (Å²) in [6.07, 6.45) is 3.26. The number of ether oxygens (including phenoxy) is 2. The Bertz CT molecular complexity index is 69.7. The first-order valence-electron chi connectivity index (χ1n) is 5.63. The van der Waals surface area contributed by atoms with Gasteiger partial charge in [0, 0.05) is 19.1 Å². The van der Waals surface area contributed by atoms with Crippen LogP contribution in [-0.2, 0) is 9.47 Å². The van der Waals surface area contributed by atoms with E-state index in [1.54, 1.807) is 0 Å². The van der Waals surface area contributed by atoms with Crippen LogP contribution >= 0.6 is 11.6 Å².